The zero-order valence-corrected chi connectivity index (χ0v) is 10.5. The minimum absolute atomic E-state index is 0.223. The average Bonchev–Trinajstić information content (AvgIpc) is 2.31. The zero-order chi connectivity index (χ0) is 13.0. The van der Waals surface area contributed by atoms with Gasteiger partial charge in [-0.2, -0.15) is 0 Å². The summed E-state index contributed by atoms with van der Waals surface area (Å²) in [6.45, 7) is 3.65. The standard InChI is InChI=1S/C11H18O6/c1-6(9(12)15-4)7(2)10(13)17-11-8(14-3)5-16-11/h6-8,11H,5H2,1-4H3. The van der Waals surface area contributed by atoms with Crippen molar-refractivity contribution in [2.45, 2.75) is 26.2 Å². The Morgan fingerprint density at radius 1 is 1.18 bits per heavy atom. The molecule has 0 aliphatic carbocycles. The maximum Gasteiger partial charge on any atom is 0.311 e. The molecule has 0 bridgehead atoms. The summed E-state index contributed by atoms with van der Waals surface area (Å²) in [6.07, 6.45) is -0.889. The van der Waals surface area contributed by atoms with Gasteiger partial charge in [-0.25, -0.2) is 0 Å². The van der Waals surface area contributed by atoms with Crippen LogP contribution in [0.1, 0.15) is 13.8 Å². The molecule has 0 saturated carbocycles. The Kier molecular flexibility index (Phi) is 4.89. The summed E-state index contributed by atoms with van der Waals surface area (Å²) in [5.41, 5.74) is 0. The summed E-state index contributed by atoms with van der Waals surface area (Å²) in [5.74, 6) is -2.06. The van der Waals surface area contributed by atoms with Gasteiger partial charge in [-0.1, -0.05) is 13.8 Å². The van der Waals surface area contributed by atoms with Crippen LogP contribution in [0.4, 0.5) is 0 Å². The average molecular weight is 246 g/mol. The third-order valence-corrected chi connectivity index (χ3v) is 2.96. The number of rotatable bonds is 5. The summed E-state index contributed by atoms with van der Waals surface area (Å²) >= 11 is 0. The molecule has 1 heterocycles. The fourth-order valence-electron chi connectivity index (χ4n) is 1.36. The van der Waals surface area contributed by atoms with Gasteiger partial charge in [0, 0.05) is 7.11 Å². The van der Waals surface area contributed by atoms with Crippen LogP contribution >= 0.6 is 0 Å². The monoisotopic (exact) mass is 246 g/mol. The van der Waals surface area contributed by atoms with Crippen LogP contribution in [0.3, 0.4) is 0 Å². The third kappa shape index (κ3) is 3.17. The largest absolute Gasteiger partial charge is 0.469 e. The third-order valence-electron chi connectivity index (χ3n) is 2.96. The van der Waals surface area contributed by atoms with Crippen molar-refractivity contribution in [1.29, 1.82) is 0 Å². The summed E-state index contributed by atoms with van der Waals surface area (Å²) < 4.78 is 19.7. The fraction of sp³-hybridized carbons (Fsp3) is 0.818. The first-order chi connectivity index (χ1) is 8.01. The van der Waals surface area contributed by atoms with Crippen molar-refractivity contribution < 1.29 is 28.5 Å². The number of carbonyl (C=O) groups is 2. The molecule has 1 rings (SSSR count). The van der Waals surface area contributed by atoms with Gasteiger partial charge in [-0.15, -0.1) is 0 Å². The lowest BCUT2D eigenvalue weighted by Crippen LogP contribution is -2.49. The molecule has 0 radical (unpaired) electrons. The molecular weight excluding hydrogens is 228 g/mol. The quantitative estimate of drug-likeness (QED) is 0.652. The summed E-state index contributed by atoms with van der Waals surface area (Å²) in [4.78, 5) is 23.0. The van der Waals surface area contributed by atoms with Crippen molar-refractivity contribution in [3.05, 3.63) is 0 Å². The van der Waals surface area contributed by atoms with Crippen LogP contribution in [-0.2, 0) is 28.5 Å². The van der Waals surface area contributed by atoms with Crippen molar-refractivity contribution in [3.8, 4) is 0 Å². The lowest BCUT2D eigenvalue weighted by Gasteiger charge is -2.35. The molecule has 1 fully saturated rings. The van der Waals surface area contributed by atoms with E-state index >= 15 is 0 Å². The summed E-state index contributed by atoms with van der Waals surface area (Å²) in [6, 6.07) is 0. The van der Waals surface area contributed by atoms with E-state index in [1.165, 1.54) is 14.2 Å². The van der Waals surface area contributed by atoms with E-state index < -0.39 is 30.1 Å². The van der Waals surface area contributed by atoms with Crippen molar-refractivity contribution in [2.75, 3.05) is 20.8 Å². The van der Waals surface area contributed by atoms with Crippen molar-refractivity contribution >= 4 is 11.9 Å². The second kappa shape index (κ2) is 5.97. The van der Waals surface area contributed by atoms with E-state index in [1.807, 2.05) is 0 Å². The second-order valence-electron chi connectivity index (χ2n) is 4.01. The molecule has 1 aliphatic rings. The number of ether oxygens (including phenoxy) is 4. The van der Waals surface area contributed by atoms with Crippen molar-refractivity contribution in [3.63, 3.8) is 0 Å². The molecule has 4 atom stereocenters. The topological polar surface area (TPSA) is 71.1 Å². The fourth-order valence-corrected chi connectivity index (χ4v) is 1.36. The van der Waals surface area contributed by atoms with Gasteiger partial charge < -0.3 is 18.9 Å². The molecule has 6 heteroatoms. The maximum atomic E-state index is 11.7. The lowest BCUT2D eigenvalue weighted by atomic mass is 9.96. The van der Waals surface area contributed by atoms with Crippen LogP contribution < -0.4 is 0 Å². The predicted molar refractivity (Wildman–Crippen MR) is 57.0 cm³/mol. The van der Waals surface area contributed by atoms with Crippen molar-refractivity contribution in [1.82, 2.24) is 0 Å². The minimum atomic E-state index is -0.667. The molecule has 0 aromatic carbocycles. The van der Waals surface area contributed by atoms with Crippen LogP contribution in [-0.4, -0.2) is 45.2 Å². The van der Waals surface area contributed by atoms with E-state index in [1.54, 1.807) is 13.8 Å². The number of hydrogen-bond donors (Lipinski definition) is 0. The second-order valence-corrected chi connectivity index (χ2v) is 4.01. The molecule has 1 saturated heterocycles. The Hall–Kier alpha value is -1.14. The highest BCUT2D eigenvalue weighted by atomic mass is 16.7. The number of carbonyl (C=O) groups excluding carboxylic acids is 2. The highest BCUT2D eigenvalue weighted by Gasteiger charge is 2.38. The van der Waals surface area contributed by atoms with E-state index in [0.29, 0.717) is 6.61 Å². The number of methoxy groups -OCH3 is 2. The summed E-state index contributed by atoms with van der Waals surface area (Å²) in [7, 11) is 2.81. The van der Waals surface area contributed by atoms with Gasteiger partial charge in [0.2, 0.25) is 6.29 Å². The van der Waals surface area contributed by atoms with Gasteiger partial charge in [-0.05, 0) is 0 Å². The first kappa shape index (κ1) is 13.9. The highest BCUT2D eigenvalue weighted by molar-refractivity contribution is 5.81. The number of esters is 2. The van der Waals surface area contributed by atoms with E-state index in [-0.39, 0.29) is 6.10 Å². The SMILES string of the molecule is COC(=O)C(C)C(C)C(=O)OC1OCC1OC. The van der Waals surface area contributed by atoms with E-state index in [0.717, 1.165) is 0 Å². The molecule has 1 aliphatic heterocycles. The van der Waals surface area contributed by atoms with Crippen LogP contribution in [0.15, 0.2) is 0 Å². The Labute approximate surface area is 100 Å². The normalized spacial score (nSPS) is 26.6. The zero-order valence-electron chi connectivity index (χ0n) is 10.5. The molecule has 0 spiro atoms. The van der Waals surface area contributed by atoms with Gasteiger partial charge in [0.15, 0.2) is 0 Å². The van der Waals surface area contributed by atoms with E-state index in [9.17, 15) is 9.59 Å². The predicted octanol–water partition coefficient (Wildman–Crippen LogP) is 0.346. The minimum Gasteiger partial charge on any atom is -0.469 e. The molecule has 0 aromatic rings. The van der Waals surface area contributed by atoms with Gasteiger partial charge in [0.05, 0.1) is 25.6 Å². The van der Waals surface area contributed by atoms with Crippen molar-refractivity contribution in [2.24, 2.45) is 11.8 Å². The molecule has 0 N–H and O–H groups in total. The Morgan fingerprint density at radius 3 is 2.18 bits per heavy atom. The van der Waals surface area contributed by atoms with Gasteiger partial charge in [-0.3, -0.25) is 9.59 Å². The van der Waals surface area contributed by atoms with Crippen LogP contribution in [0, 0.1) is 11.8 Å². The summed E-state index contributed by atoms with van der Waals surface area (Å²) in [5, 5.41) is 0. The first-order valence-electron chi connectivity index (χ1n) is 5.44. The van der Waals surface area contributed by atoms with Gasteiger partial charge >= 0.3 is 11.9 Å². The molecule has 0 aromatic heterocycles. The molecule has 0 amide bonds. The Balaban J connectivity index is 2.44. The molecule has 6 nitrogen and oxygen atoms in total. The van der Waals surface area contributed by atoms with Crippen LogP contribution in [0.5, 0.6) is 0 Å². The highest BCUT2D eigenvalue weighted by Crippen LogP contribution is 2.21. The molecule has 98 valence electrons. The van der Waals surface area contributed by atoms with Crippen LogP contribution in [0.25, 0.3) is 0 Å². The lowest BCUT2D eigenvalue weighted by molar-refractivity contribution is -0.280. The molecular formula is C11H18O6. The first-order valence-corrected chi connectivity index (χ1v) is 5.44. The van der Waals surface area contributed by atoms with E-state index in [2.05, 4.69) is 4.74 Å². The molecule has 17 heavy (non-hydrogen) atoms. The Morgan fingerprint density at radius 2 is 1.76 bits per heavy atom. The van der Waals surface area contributed by atoms with E-state index in [4.69, 9.17) is 14.2 Å². The Bertz CT molecular complexity index is 288. The number of hydrogen-bond acceptors (Lipinski definition) is 6. The van der Waals surface area contributed by atoms with Gasteiger partial charge in [0.25, 0.3) is 0 Å². The van der Waals surface area contributed by atoms with Crippen LogP contribution in [0.2, 0.25) is 0 Å². The van der Waals surface area contributed by atoms with Gasteiger partial charge in [0.1, 0.15) is 6.10 Å². The maximum absolute atomic E-state index is 11.7. The molecule has 4 unspecified atom stereocenters. The smallest absolute Gasteiger partial charge is 0.311 e.